The van der Waals surface area contributed by atoms with Crippen LogP contribution in [-0.4, -0.2) is 77.9 Å². The lowest BCUT2D eigenvalue weighted by Crippen LogP contribution is -2.48. The number of carbonyl (C=O) groups excluding carboxylic acids is 5. The standard InChI is InChI=1S/C40H47N5O5S/c1-3-36(46)42-35(39(49)41-4-2)24-51-23-25-15-17-28(18-16-25)40(50)45-21-31(37(47)43-33-19-29(33)26-11-7-5-8-12-26)32(22-45)38(48)44-34-20-30(34)27-13-9-6-10-14-27/h5-18,29-35H,3-4,19-24H2,1-2H3,(H,41,49)(H,42,46)(H,43,47)(H,44,48)/t29-,30-,31-,32-,33+,34+,35-/m1/s1. The molecule has 3 fully saturated rings. The van der Waals surface area contributed by atoms with E-state index in [1.54, 1.807) is 24.0 Å². The van der Waals surface area contributed by atoms with E-state index in [1.165, 1.54) is 22.9 Å². The predicted octanol–water partition coefficient (Wildman–Crippen LogP) is 3.98. The monoisotopic (exact) mass is 709 g/mol. The summed E-state index contributed by atoms with van der Waals surface area (Å²) in [6.45, 7) is 4.40. The zero-order chi connectivity index (χ0) is 35.9. The fraction of sp³-hybridized carbons (Fsp3) is 0.425. The highest BCUT2D eigenvalue weighted by atomic mass is 32.2. The third kappa shape index (κ3) is 9.18. The Morgan fingerprint density at radius 2 is 1.27 bits per heavy atom. The number of hydrogen-bond donors (Lipinski definition) is 4. The van der Waals surface area contributed by atoms with Crippen molar-refractivity contribution in [3.05, 3.63) is 107 Å². The number of likely N-dealkylation sites (tertiary alicyclic amines) is 1. The molecule has 5 amide bonds. The zero-order valence-corrected chi connectivity index (χ0v) is 30.0. The molecule has 1 saturated heterocycles. The Balaban J connectivity index is 1.08. The number of benzene rings is 3. The molecule has 7 atom stereocenters. The summed E-state index contributed by atoms with van der Waals surface area (Å²) < 4.78 is 0. The predicted molar refractivity (Wildman–Crippen MR) is 198 cm³/mol. The van der Waals surface area contributed by atoms with Gasteiger partial charge in [0.05, 0.1) is 11.8 Å². The minimum absolute atomic E-state index is 0.0175. The van der Waals surface area contributed by atoms with Gasteiger partial charge in [-0.15, -0.1) is 0 Å². The molecular formula is C40H47N5O5S. The van der Waals surface area contributed by atoms with Crippen molar-refractivity contribution >= 4 is 41.3 Å². The van der Waals surface area contributed by atoms with Gasteiger partial charge in [0.2, 0.25) is 23.6 Å². The first kappa shape index (κ1) is 36.2. The maximum atomic E-state index is 13.8. The van der Waals surface area contributed by atoms with E-state index in [9.17, 15) is 24.0 Å². The first-order valence-electron chi connectivity index (χ1n) is 18.0. The van der Waals surface area contributed by atoms with Crippen LogP contribution in [0.5, 0.6) is 0 Å². The number of thioether (sulfide) groups is 1. The van der Waals surface area contributed by atoms with Crippen molar-refractivity contribution in [2.75, 3.05) is 25.4 Å². The SMILES string of the molecule is CCNC(=O)[C@@H](CSCc1ccc(C(=O)N2C[C@@H](C(=O)N[C@H]3C[C@@H]3c3ccccc3)[C@H](C(=O)N[C@H]3C[C@@H]3c3ccccc3)C2)cc1)NC(=O)CC. The fourth-order valence-corrected chi connectivity index (χ4v) is 7.94. The van der Waals surface area contributed by atoms with Crippen molar-refractivity contribution < 1.29 is 24.0 Å². The summed E-state index contributed by atoms with van der Waals surface area (Å²) in [5, 5.41) is 11.9. The van der Waals surface area contributed by atoms with Gasteiger partial charge in [0.25, 0.3) is 5.91 Å². The molecule has 6 rings (SSSR count). The Bertz CT molecular complexity index is 1630. The largest absolute Gasteiger partial charge is 0.355 e. The first-order chi connectivity index (χ1) is 24.7. The van der Waals surface area contributed by atoms with Gasteiger partial charge in [-0.3, -0.25) is 24.0 Å². The molecule has 3 aliphatic rings. The Kier molecular flexibility index (Phi) is 11.8. The molecule has 0 radical (unpaired) electrons. The molecule has 3 aromatic carbocycles. The number of hydrogen-bond acceptors (Lipinski definition) is 6. The maximum Gasteiger partial charge on any atom is 0.253 e. The lowest BCUT2D eigenvalue weighted by Gasteiger charge is -2.18. The van der Waals surface area contributed by atoms with Crippen LogP contribution in [0, 0.1) is 11.8 Å². The summed E-state index contributed by atoms with van der Waals surface area (Å²) in [5.74, 6) is -0.753. The normalized spacial score (nSPS) is 23.8. The Labute approximate surface area is 303 Å². The van der Waals surface area contributed by atoms with E-state index in [-0.39, 0.29) is 66.5 Å². The number of nitrogens with one attached hydrogen (secondary N) is 4. The van der Waals surface area contributed by atoms with Gasteiger partial charge in [-0.2, -0.15) is 11.8 Å². The van der Waals surface area contributed by atoms with Gasteiger partial charge in [-0.1, -0.05) is 79.7 Å². The summed E-state index contributed by atoms with van der Waals surface area (Å²) in [7, 11) is 0. The van der Waals surface area contributed by atoms with E-state index < -0.39 is 17.9 Å². The van der Waals surface area contributed by atoms with Crippen molar-refractivity contribution in [1.29, 1.82) is 0 Å². The quantitative estimate of drug-likeness (QED) is 0.189. The molecule has 0 bridgehead atoms. The van der Waals surface area contributed by atoms with E-state index in [0.29, 0.717) is 30.0 Å². The maximum absolute atomic E-state index is 13.8. The molecule has 1 heterocycles. The Morgan fingerprint density at radius 3 is 1.76 bits per heavy atom. The molecule has 4 N–H and O–H groups in total. The molecule has 1 aliphatic heterocycles. The lowest BCUT2D eigenvalue weighted by atomic mass is 9.94. The molecule has 10 nitrogen and oxygen atoms in total. The minimum atomic E-state index is -0.651. The molecule has 2 saturated carbocycles. The van der Waals surface area contributed by atoms with Crippen LogP contribution in [-0.2, 0) is 24.9 Å². The number of carbonyl (C=O) groups is 5. The van der Waals surface area contributed by atoms with Gasteiger partial charge < -0.3 is 26.2 Å². The molecule has 0 aromatic heterocycles. The summed E-state index contributed by atoms with van der Waals surface area (Å²) in [5.41, 5.74) is 3.83. The van der Waals surface area contributed by atoms with E-state index in [0.717, 1.165) is 18.4 Å². The summed E-state index contributed by atoms with van der Waals surface area (Å²) >= 11 is 1.52. The zero-order valence-electron chi connectivity index (χ0n) is 29.2. The van der Waals surface area contributed by atoms with Crippen LogP contribution in [0.15, 0.2) is 84.9 Å². The van der Waals surface area contributed by atoms with Gasteiger partial charge >= 0.3 is 0 Å². The van der Waals surface area contributed by atoms with Crippen LogP contribution in [0.25, 0.3) is 0 Å². The van der Waals surface area contributed by atoms with Crippen molar-refractivity contribution in [3.8, 4) is 0 Å². The van der Waals surface area contributed by atoms with Gasteiger partial charge in [0.15, 0.2) is 0 Å². The average molecular weight is 710 g/mol. The molecule has 268 valence electrons. The number of amides is 5. The first-order valence-corrected chi connectivity index (χ1v) is 19.1. The highest BCUT2D eigenvalue weighted by Gasteiger charge is 2.48. The van der Waals surface area contributed by atoms with Crippen LogP contribution in [0.2, 0.25) is 0 Å². The van der Waals surface area contributed by atoms with Gasteiger partial charge in [0, 0.05) is 67.0 Å². The third-order valence-corrected chi connectivity index (χ3v) is 11.2. The molecule has 3 aromatic rings. The second-order valence-electron chi connectivity index (χ2n) is 13.7. The van der Waals surface area contributed by atoms with Crippen molar-refractivity contribution in [2.45, 2.75) is 68.8 Å². The second-order valence-corrected chi connectivity index (χ2v) is 14.8. The molecule has 2 aliphatic carbocycles. The van der Waals surface area contributed by atoms with E-state index >= 15 is 0 Å². The van der Waals surface area contributed by atoms with Crippen LogP contribution >= 0.6 is 11.8 Å². The molecule has 0 unspecified atom stereocenters. The van der Waals surface area contributed by atoms with E-state index in [4.69, 9.17) is 0 Å². The van der Waals surface area contributed by atoms with Gasteiger partial charge in [-0.25, -0.2) is 0 Å². The number of nitrogens with zero attached hydrogens (tertiary/aromatic N) is 1. The Morgan fingerprint density at radius 1 is 0.745 bits per heavy atom. The number of likely N-dealkylation sites (N-methyl/N-ethyl adjacent to an activating group) is 1. The van der Waals surface area contributed by atoms with Gasteiger partial charge in [-0.05, 0) is 48.6 Å². The summed E-state index contributed by atoms with van der Waals surface area (Å²) in [4.78, 5) is 67.3. The Hall–Kier alpha value is -4.64. The van der Waals surface area contributed by atoms with Crippen LogP contribution in [0.1, 0.15) is 72.0 Å². The molecule has 0 spiro atoms. The molecule has 51 heavy (non-hydrogen) atoms. The van der Waals surface area contributed by atoms with Crippen molar-refractivity contribution in [2.24, 2.45) is 11.8 Å². The summed E-state index contributed by atoms with van der Waals surface area (Å²) in [6, 6.07) is 26.9. The smallest absolute Gasteiger partial charge is 0.253 e. The number of rotatable bonds is 15. The highest BCUT2D eigenvalue weighted by Crippen LogP contribution is 2.42. The summed E-state index contributed by atoms with van der Waals surface area (Å²) in [6.07, 6.45) is 2.01. The third-order valence-electron chi connectivity index (χ3n) is 10.1. The van der Waals surface area contributed by atoms with E-state index in [2.05, 4.69) is 45.5 Å². The molecule has 11 heteroatoms. The fourth-order valence-electron chi connectivity index (χ4n) is 6.92. The van der Waals surface area contributed by atoms with Gasteiger partial charge in [0.1, 0.15) is 6.04 Å². The highest BCUT2D eigenvalue weighted by molar-refractivity contribution is 7.98. The van der Waals surface area contributed by atoms with Crippen molar-refractivity contribution in [1.82, 2.24) is 26.2 Å². The molecular weight excluding hydrogens is 663 g/mol. The van der Waals surface area contributed by atoms with Crippen LogP contribution < -0.4 is 21.3 Å². The van der Waals surface area contributed by atoms with Crippen LogP contribution in [0.4, 0.5) is 0 Å². The second kappa shape index (κ2) is 16.6. The average Bonchev–Trinajstić information content (AvgIpc) is 4.06. The lowest BCUT2D eigenvalue weighted by molar-refractivity contribution is -0.133. The van der Waals surface area contributed by atoms with Crippen molar-refractivity contribution in [3.63, 3.8) is 0 Å². The van der Waals surface area contributed by atoms with Crippen LogP contribution in [0.3, 0.4) is 0 Å². The van der Waals surface area contributed by atoms with E-state index in [1.807, 2.05) is 55.5 Å². The topological polar surface area (TPSA) is 137 Å². The minimum Gasteiger partial charge on any atom is -0.355 e.